The number of carbonyl (C=O) groups excluding carboxylic acids is 1. The maximum atomic E-state index is 12.5. The topological polar surface area (TPSA) is 99.1 Å². The van der Waals surface area contributed by atoms with Gasteiger partial charge in [-0.05, 0) is 24.8 Å². The van der Waals surface area contributed by atoms with Gasteiger partial charge in [0.05, 0.1) is 31.1 Å². The van der Waals surface area contributed by atoms with Crippen molar-refractivity contribution >= 4 is 6.03 Å². The molecule has 128 valence electrons. The first kappa shape index (κ1) is 15.2. The van der Waals surface area contributed by atoms with E-state index in [0.717, 1.165) is 42.6 Å². The van der Waals surface area contributed by atoms with Gasteiger partial charge in [-0.2, -0.15) is 10.2 Å². The Labute approximate surface area is 139 Å². The quantitative estimate of drug-likeness (QED) is 0.758. The fourth-order valence-corrected chi connectivity index (χ4v) is 3.78. The number of hydrogen-bond acceptors (Lipinski definition) is 4. The van der Waals surface area contributed by atoms with Crippen LogP contribution in [0.5, 0.6) is 0 Å². The molecule has 0 bridgehead atoms. The second kappa shape index (κ2) is 5.94. The number of fused-ring (bicyclic) bond motifs is 2. The summed E-state index contributed by atoms with van der Waals surface area (Å²) in [4.78, 5) is 14.3. The smallest absolute Gasteiger partial charge is 0.318 e. The Morgan fingerprint density at radius 3 is 3.00 bits per heavy atom. The van der Waals surface area contributed by atoms with Crippen LogP contribution in [0, 0.1) is 0 Å². The molecule has 2 amide bonds. The van der Waals surface area contributed by atoms with Crippen molar-refractivity contribution in [2.24, 2.45) is 7.05 Å². The number of nitrogens with one attached hydrogen (secondary N) is 2. The number of carbonyl (C=O) groups is 1. The lowest BCUT2D eigenvalue weighted by atomic mass is 10.1. The zero-order valence-electron chi connectivity index (χ0n) is 13.8. The Bertz CT molecular complexity index is 778. The number of aliphatic hydroxyl groups excluding tert-OH is 1. The average Bonchev–Trinajstić information content (AvgIpc) is 3.27. The van der Waals surface area contributed by atoms with Crippen LogP contribution in [-0.2, 0) is 46.0 Å². The van der Waals surface area contributed by atoms with Crippen molar-refractivity contribution in [3.63, 3.8) is 0 Å². The van der Waals surface area contributed by atoms with Gasteiger partial charge in [-0.25, -0.2) is 4.79 Å². The van der Waals surface area contributed by atoms with Crippen LogP contribution in [-0.4, -0.2) is 42.6 Å². The van der Waals surface area contributed by atoms with Crippen molar-refractivity contribution in [3.05, 3.63) is 33.9 Å². The maximum Gasteiger partial charge on any atom is 0.318 e. The van der Waals surface area contributed by atoms with Gasteiger partial charge < -0.3 is 15.3 Å². The van der Waals surface area contributed by atoms with Crippen LogP contribution >= 0.6 is 0 Å². The zero-order valence-corrected chi connectivity index (χ0v) is 13.8. The molecule has 8 nitrogen and oxygen atoms in total. The molecule has 0 radical (unpaired) electrons. The van der Waals surface area contributed by atoms with Gasteiger partial charge in [0, 0.05) is 37.0 Å². The second-order valence-electron chi connectivity index (χ2n) is 6.46. The highest BCUT2D eigenvalue weighted by molar-refractivity contribution is 5.74. The SMILES string of the molecule is Cn1nc(CO)c2c1CCN(C(=O)NCc1n[nH]c3c1CCC3)C2. The molecule has 0 fully saturated rings. The Morgan fingerprint density at radius 2 is 2.17 bits per heavy atom. The standard InChI is InChI=1S/C16H22N6O2/c1-21-15-5-6-22(8-11(15)14(9-23)20-21)16(24)17-7-13-10-3-2-4-12(10)18-19-13/h23H,2-9H2,1H3,(H,17,24)(H,18,19). The van der Waals surface area contributed by atoms with Crippen LogP contribution in [0.25, 0.3) is 0 Å². The average molecular weight is 330 g/mol. The number of H-pyrrole nitrogens is 1. The van der Waals surface area contributed by atoms with Gasteiger partial charge in [-0.15, -0.1) is 0 Å². The summed E-state index contributed by atoms with van der Waals surface area (Å²) in [5.74, 6) is 0. The Balaban J connectivity index is 1.42. The number of nitrogens with zero attached hydrogens (tertiary/aromatic N) is 4. The molecule has 4 rings (SSSR count). The van der Waals surface area contributed by atoms with Gasteiger partial charge in [-0.1, -0.05) is 0 Å². The first-order valence-corrected chi connectivity index (χ1v) is 8.39. The van der Waals surface area contributed by atoms with E-state index in [1.807, 2.05) is 11.7 Å². The fourth-order valence-electron chi connectivity index (χ4n) is 3.78. The summed E-state index contributed by atoms with van der Waals surface area (Å²) < 4.78 is 1.81. The van der Waals surface area contributed by atoms with Crippen molar-refractivity contribution < 1.29 is 9.90 Å². The Morgan fingerprint density at radius 1 is 1.29 bits per heavy atom. The first-order chi connectivity index (χ1) is 11.7. The molecule has 0 spiro atoms. The molecule has 1 aliphatic carbocycles. The van der Waals surface area contributed by atoms with Crippen LogP contribution in [0.3, 0.4) is 0 Å². The van der Waals surface area contributed by atoms with Crippen molar-refractivity contribution in [2.75, 3.05) is 6.54 Å². The lowest BCUT2D eigenvalue weighted by molar-refractivity contribution is 0.190. The third kappa shape index (κ3) is 2.47. The van der Waals surface area contributed by atoms with Crippen LogP contribution in [0.1, 0.15) is 40.3 Å². The van der Waals surface area contributed by atoms with Crippen LogP contribution < -0.4 is 5.32 Å². The summed E-state index contributed by atoms with van der Waals surface area (Å²) in [5.41, 5.74) is 6.17. The first-order valence-electron chi connectivity index (χ1n) is 8.39. The molecule has 2 aromatic heterocycles. The summed E-state index contributed by atoms with van der Waals surface area (Å²) in [6, 6.07) is -0.0943. The molecular weight excluding hydrogens is 308 g/mol. The molecule has 1 aliphatic heterocycles. The minimum Gasteiger partial charge on any atom is -0.390 e. The number of aromatic nitrogens is 4. The summed E-state index contributed by atoms with van der Waals surface area (Å²) in [7, 11) is 1.88. The Kier molecular flexibility index (Phi) is 3.76. The summed E-state index contributed by atoms with van der Waals surface area (Å²) in [6.45, 7) is 1.50. The lowest BCUT2D eigenvalue weighted by Crippen LogP contribution is -2.42. The molecule has 0 saturated carbocycles. The van der Waals surface area contributed by atoms with Gasteiger partial charge in [-0.3, -0.25) is 9.78 Å². The highest BCUT2D eigenvalue weighted by Crippen LogP contribution is 2.24. The maximum absolute atomic E-state index is 12.5. The predicted molar refractivity (Wildman–Crippen MR) is 86.1 cm³/mol. The zero-order chi connectivity index (χ0) is 16.7. The van der Waals surface area contributed by atoms with E-state index in [0.29, 0.717) is 25.3 Å². The summed E-state index contributed by atoms with van der Waals surface area (Å²) in [5, 5.41) is 24.1. The predicted octanol–water partition coefficient (Wildman–Crippen LogP) is 0.392. The minimum atomic E-state index is -0.0992. The molecule has 0 atom stereocenters. The molecule has 2 aliphatic rings. The van der Waals surface area contributed by atoms with E-state index < -0.39 is 0 Å². The highest BCUT2D eigenvalue weighted by Gasteiger charge is 2.26. The third-order valence-electron chi connectivity index (χ3n) is 5.06. The van der Waals surface area contributed by atoms with Gasteiger partial charge in [0.1, 0.15) is 0 Å². The largest absolute Gasteiger partial charge is 0.390 e. The van der Waals surface area contributed by atoms with Crippen molar-refractivity contribution in [3.8, 4) is 0 Å². The molecular formula is C16H22N6O2. The molecule has 0 saturated heterocycles. The van der Waals surface area contributed by atoms with E-state index in [1.54, 1.807) is 4.90 Å². The van der Waals surface area contributed by atoms with Gasteiger partial charge in [0.2, 0.25) is 0 Å². The molecule has 3 N–H and O–H groups in total. The van der Waals surface area contributed by atoms with Crippen molar-refractivity contribution in [2.45, 2.75) is 45.4 Å². The monoisotopic (exact) mass is 330 g/mol. The molecule has 8 heteroatoms. The van der Waals surface area contributed by atoms with E-state index in [1.165, 1.54) is 11.3 Å². The fraction of sp³-hybridized carbons (Fsp3) is 0.562. The van der Waals surface area contributed by atoms with Crippen molar-refractivity contribution in [1.82, 2.24) is 30.2 Å². The van der Waals surface area contributed by atoms with Gasteiger partial charge in [0.25, 0.3) is 0 Å². The van der Waals surface area contributed by atoms with Crippen LogP contribution in [0.15, 0.2) is 0 Å². The van der Waals surface area contributed by atoms with Crippen molar-refractivity contribution in [1.29, 1.82) is 0 Å². The third-order valence-corrected chi connectivity index (χ3v) is 5.06. The molecule has 24 heavy (non-hydrogen) atoms. The normalized spacial score (nSPS) is 16.2. The summed E-state index contributed by atoms with van der Waals surface area (Å²) in [6.07, 6.45) is 4.00. The minimum absolute atomic E-state index is 0.0943. The number of urea groups is 1. The van der Waals surface area contributed by atoms with Crippen LogP contribution in [0.4, 0.5) is 4.79 Å². The van der Waals surface area contributed by atoms with E-state index in [4.69, 9.17) is 0 Å². The molecule has 0 unspecified atom stereocenters. The highest BCUT2D eigenvalue weighted by atomic mass is 16.3. The van der Waals surface area contributed by atoms with Gasteiger partial charge >= 0.3 is 6.03 Å². The number of aliphatic hydroxyl groups is 1. The number of aryl methyl sites for hydroxylation is 2. The lowest BCUT2D eigenvalue weighted by Gasteiger charge is -2.27. The summed E-state index contributed by atoms with van der Waals surface area (Å²) >= 11 is 0. The van der Waals surface area contributed by atoms with Gasteiger partial charge in [0.15, 0.2) is 0 Å². The van der Waals surface area contributed by atoms with Crippen LogP contribution in [0.2, 0.25) is 0 Å². The number of rotatable bonds is 3. The second-order valence-corrected chi connectivity index (χ2v) is 6.46. The van der Waals surface area contributed by atoms with E-state index >= 15 is 0 Å². The molecule has 2 aromatic rings. The number of aromatic amines is 1. The van der Waals surface area contributed by atoms with E-state index in [2.05, 4.69) is 20.6 Å². The van der Waals surface area contributed by atoms with E-state index in [9.17, 15) is 9.90 Å². The Hall–Kier alpha value is -2.35. The number of hydrogen-bond donors (Lipinski definition) is 3. The number of amides is 2. The molecule has 0 aromatic carbocycles. The molecule has 3 heterocycles. The van der Waals surface area contributed by atoms with E-state index in [-0.39, 0.29) is 12.6 Å².